The summed E-state index contributed by atoms with van der Waals surface area (Å²) in [6, 6.07) is 2.34. The number of fused-ring (bicyclic) bond motifs is 1. The molecule has 170 valence electrons. The summed E-state index contributed by atoms with van der Waals surface area (Å²) in [6.45, 7) is 5.97. The molecule has 2 N–H and O–H groups in total. The Hall–Kier alpha value is -4.01. The highest BCUT2D eigenvalue weighted by molar-refractivity contribution is 5.92. The van der Waals surface area contributed by atoms with Crippen molar-refractivity contribution in [1.82, 2.24) is 34.3 Å². The van der Waals surface area contributed by atoms with Crippen molar-refractivity contribution in [2.45, 2.75) is 45.3 Å². The van der Waals surface area contributed by atoms with Gasteiger partial charge in [0.25, 0.3) is 0 Å². The molecule has 33 heavy (non-hydrogen) atoms. The normalized spacial score (nSPS) is 12.9. The first-order valence-electron chi connectivity index (χ1n) is 10.2. The molecule has 9 nitrogen and oxygen atoms in total. The zero-order chi connectivity index (χ0) is 23.9. The van der Waals surface area contributed by atoms with E-state index in [-0.39, 0.29) is 34.5 Å². The average molecular weight is 455 g/mol. The van der Waals surface area contributed by atoms with Crippen molar-refractivity contribution in [3.8, 4) is 17.2 Å². The van der Waals surface area contributed by atoms with Gasteiger partial charge >= 0.3 is 6.18 Å². The second-order valence-corrected chi connectivity index (χ2v) is 7.75. The largest absolute Gasteiger partial charge is 0.451 e. The van der Waals surface area contributed by atoms with Crippen molar-refractivity contribution >= 4 is 11.3 Å². The summed E-state index contributed by atoms with van der Waals surface area (Å²) in [5, 5.41) is 18.8. The molecular formula is C21H20F3N9. The van der Waals surface area contributed by atoms with Gasteiger partial charge in [0.05, 0.1) is 17.5 Å². The minimum Gasteiger partial charge on any atom is -0.382 e. The summed E-state index contributed by atoms with van der Waals surface area (Å²) in [7, 11) is 0. The zero-order valence-corrected chi connectivity index (χ0v) is 18.0. The highest BCUT2D eigenvalue weighted by Crippen LogP contribution is 2.40. The first-order chi connectivity index (χ1) is 15.7. The van der Waals surface area contributed by atoms with Crippen LogP contribution in [0.4, 0.5) is 19.0 Å². The lowest BCUT2D eigenvalue weighted by Crippen LogP contribution is -2.10. The van der Waals surface area contributed by atoms with Crippen LogP contribution in [0.2, 0.25) is 0 Å². The molecule has 0 amide bonds. The molecule has 0 spiro atoms. The van der Waals surface area contributed by atoms with Crippen molar-refractivity contribution in [3.63, 3.8) is 0 Å². The summed E-state index contributed by atoms with van der Waals surface area (Å²) in [5.41, 5.74) is 8.57. The van der Waals surface area contributed by atoms with Gasteiger partial charge in [-0.25, -0.2) is 19.5 Å². The van der Waals surface area contributed by atoms with Crippen molar-refractivity contribution in [2.24, 2.45) is 0 Å². The van der Waals surface area contributed by atoms with Crippen LogP contribution in [0.25, 0.3) is 16.6 Å². The molecule has 0 bridgehead atoms. The molecule has 4 aromatic heterocycles. The van der Waals surface area contributed by atoms with Crippen LogP contribution >= 0.6 is 0 Å². The van der Waals surface area contributed by atoms with Gasteiger partial charge in [-0.15, -0.1) is 0 Å². The van der Waals surface area contributed by atoms with Gasteiger partial charge in [0.1, 0.15) is 17.9 Å². The maximum Gasteiger partial charge on any atom is 0.451 e. The minimum absolute atomic E-state index is 0.0791. The minimum atomic E-state index is -4.68. The number of alkyl halides is 3. The Morgan fingerprint density at radius 1 is 1.12 bits per heavy atom. The molecule has 0 aliphatic heterocycles. The second kappa shape index (κ2) is 8.16. The number of nitrogens with two attached hydrogens (primary N) is 1. The van der Waals surface area contributed by atoms with Crippen LogP contribution in [0.15, 0.2) is 31.1 Å². The monoisotopic (exact) mass is 455 g/mol. The maximum absolute atomic E-state index is 13.0. The van der Waals surface area contributed by atoms with E-state index in [0.717, 1.165) is 18.0 Å². The molecule has 4 aromatic rings. The van der Waals surface area contributed by atoms with E-state index in [0.29, 0.717) is 17.6 Å². The van der Waals surface area contributed by atoms with Gasteiger partial charge < -0.3 is 5.73 Å². The summed E-state index contributed by atoms with van der Waals surface area (Å²) < 4.78 is 42.2. The van der Waals surface area contributed by atoms with Gasteiger partial charge in [-0.2, -0.15) is 28.6 Å². The number of hydrogen-bond donors (Lipinski definition) is 1. The number of nitriles is 1. The second-order valence-electron chi connectivity index (χ2n) is 7.75. The molecule has 1 unspecified atom stereocenters. The van der Waals surface area contributed by atoms with Crippen molar-refractivity contribution in [1.29, 1.82) is 5.26 Å². The van der Waals surface area contributed by atoms with E-state index in [4.69, 9.17) is 5.73 Å². The molecular weight excluding hydrogens is 435 g/mol. The third-order valence-corrected chi connectivity index (χ3v) is 5.39. The molecule has 1 atom stereocenters. The fourth-order valence-corrected chi connectivity index (χ4v) is 3.86. The van der Waals surface area contributed by atoms with Gasteiger partial charge in [0.2, 0.25) is 5.82 Å². The van der Waals surface area contributed by atoms with E-state index >= 15 is 0 Å². The fraction of sp³-hybridized carbons (Fsp3) is 0.333. The fourth-order valence-electron chi connectivity index (χ4n) is 3.86. The number of nitrogen functional groups attached to an aromatic ring is 1. The van der Waals surface area contributed by atoms with Crippen molar-refractivity contribution in [2.75, 3.05) is 5.73 Å². The Bertz CT molecular complexity index is 1340. The van der Waals surface area contributed by atoms with Crippen LogP contribution in [0, 0.1) is 11.3 Å². The molecule has 0 saturated heterocycles. The summed E-state index contributed by atoms with van der Waals surface area (Å²) in [5.74, 6) is -1.47. The van der Waals surface area contributed by atoms with Gasteiger partial charge in [0, 0.05) is 41.7 Å². The van der Waals surface area contributed by atoms with E-state index in [9.17, 15) is 18.4 Å². The van der Waals surface area contributed by atoms with E-state index < -0.39 is 12.0 Å². The molecule has 0 saturated carbocycles. The van der Waals surface area contributed by atoms with E-state index in [2.05, 4.69) is 31.2 Å². The lowest BCUT2D eigenvalue weighted by atomic mass is 9.91. The SMILES string of the molecule is CCC(c1cnn(C(C)C)c1)c1c(C#N)c(-c2cnc(C(F)(F)F)nc2)c2c(N)ncnn12. The van der Waals surface area contributed by atoms with E-state index in [1.807, 2.05) is 31.6 Å². The molecule has 12 heteroatoms. The number of aromatic nitrogens is 7. The van der Waals surface area contributed by atoms with Gasteiger partial charge in [0.15, 0.2) is 5.82 Å². The molecule has 0 aliphatic rings. The Balaban J connectivity index is 1.99. The quantitative estimate of drug-likeness (QED) is 0.483. The Kier molecular flexibility index (Phi) is 5.49. The molecule has 0 fully saturated rings. The number of anilines is 1. The highest BCUT2D eigenvalue weighted by Gasteiger charge is 2.35. The van der Waals surface area contributed by atoms with Crippen LogP contribution in [-0.2, 0) is 6.18 Å². The summed E-state index contributed by atoms with van der Waals surface area (Å²) in [4.78, 5) is 10.9. The third-order valence-electron chi connectivity index (χ3n) is 5.39. The summed E-state index contributed by atoms with van der Waals surface area (Å²) in [6.07, 6.45) is 2.89. The Labute approximate surface area is 186 Å². The smallest absolute Gasteiger partial charge is 0.382 e. The number of nitrogens with zero attached hydrogens (tertiary/aromatic N) is 8. The average Bonchev–Trinajstić information content (AvgIpc) is 3.38. The third kappa shape index (κ3) is 3.75. The van der Waals surface area contributed by atoms with Crippen LogP contribution in [0.3, 0.4) is 0 Å². The van der Waals surface area contributed by atoms with Gasteiger partial charge in [-0.05, 0) is 25.8 Å². The van der Waals surface area contributed by atoms with Crippen molar-refractivity contribution in [3.05, 3.63) is 53.8 Å². The topological polar surface area (TPSA) is 124 Å². The number of halogens is 3. The van der Waals surface area contributed by atoms with Gasteiger partial charge in [-0.1, -0.05) is 6.92 Å². The molecule has 0 aromatic carbocycles. The number of rotatable bonds is 5. The Morgan fingerprint density at radius 2 is 1.82 bits per heavy atom. The van der Waals surface area contributed by atoms with Crippen molar-refractivity contribution < 1.29 is 13.2 Å². The zero-order valence-electron chi connectivity index (χ0n) is 18.0. The molecule has 4 rings (SSSR count). The molecule has 4 heterocycles. The predicted molar refractivity (Wildman–Crippen MR) is 113 cm³/mol. The lowest BCUT2D eigenvalue weighted by Gasteiger charge is -2.14. The van der Waals surface area contributed by atoms with Crippen LogP contribution in [-0.4, -0.2) is 34.3 Å². The predicted octanol–water partition coefficient (Wildman–Crippen LogP) is 3.98. The summed E-state index contributed by atoms with van der Waals surface area (Å²) >= 11 is 0. The van der Waals surface area contributed by atoms with Crippen LogP contribution in [0.5, 0.6) is 0 Å². The first kappa shape index (κ1) is 22.2. The Morgan fingerprint density at radius 3 is 2.36 bits per heavy atom. The highest BCUT2D eigenvalue weighted by atomic mass is 19.4. The number of hydrogen-bond acceptors (Lipinski definition) is 7. The van der Waals surface area contributed by atoms with E-state index in [1.165, 1.54) is 10.8 Å². The first-order valence-corrected chi connectivity index (χ1v) is 10.2. The molecule has 0 aliphatic carbocycles. The lowest BCUT2D eigenvalue weighted by molar-refractivity contribution is -0.144. The van der Waals surface area contributed by atoms with E-state index in [1.54, 1.807) is 6.20 Å². The standard InChI is InChI=1S/C21H20F3N9/c1-4-14(13-8-30-32(9-13)11(2)3)17-15(5-25)16(18-19(26)29-10-31-33(17)18)12-6-27-20(28-7-12)21(22,23)24/h6-11,14H,4H2,1-3H3,(H2,26,29,31). The van der Waals surface area contributed by atoms with Crippen LogP contribution < -0.4 is 5.73 Å². The van der Waals surface area contributed by atoms with Gasteiger partial charge in [-0.3, -0.25) is 4.68 Å². The molecule has 0 radical (unpaired) electrons. The maximum atomic E-state index is 13.0. The van der Waals surface area contributed by atoms with Crippen LogP contribution in [0.1, 0.15) is 61.8 Å².